The van der Waals surface area contributed by atoms with Crippen molar-refractivity contribution >= 4 is 43.5 Å². The van der Waals surface area contributed by atoms with Gasteiger partial charge in [-0.1, -0.05) is 37.9 Å². The van der Waals surface area contributed by atoms with E-state index in [1.54, 1.807) is 25.3 Å². The molecule has 1 N–H and O–H groups in total. The third-order valence-corrected chi connectivity index (χ3v) is 4.07. The fourth-order valence-corrected chi connectivity index (χ4v) is 2.64. The highest BCUT2D eigenvalue weighted by Crippen LogP contribution is 2.26. The standard InChI is InChI=1S/C15H12Br2FNO2/c1-21-8-11-12(17)3-2-4-14(11)19-15(20)10-6-5-9(16)7-13(10)18/h2-7H,8H2,1H3,(H,19,20). The van der Waals surface area contributed by atoms with E-state index in [1.165, 1.54) is 12.1 Å². The second-order valence-corrected chi connectivity index (χ2v) is 6.05. The number of amides is 1. The van der Waals surface area contributed by atoms with Gasteiger partial charge in [-0.2, -0.15) is 0 Å². The van der Waals surface area contributed by atoms with Crippen molar-refractivity contribution in [2.75, 3.05) is 12.4 Å². The lowest BCUT2D eigenvalue weighted by Crippen LogP contribution is -2.15. The molecule has 0 aliphatic carbocycles. The first kappa shape index (κ1) is 16.1. The minimum atomic E-state index is -0.579. The van der Waals surface area contributed by atoms with Gasteiger partial charge in [0.1, 0.15) is 5.82 Å². The first-order valence-corrected chi connectivity index (χ1v) is 7.64. The number of rotatable bonds is 4. The Balaban J connectivity index is 2.29. The van der Waals surface area contributed by atoms with Gasteiger partial charge in [-0.15, -0.1) is 0 Å². The van der Waals surface area contributed by atoms with Crippen LogP contribution in [0.4, 0.5) is 10.1 Å². The molecule has 0 aliphatic heterocycles. The maximum atomic E-state index is 13.8. The van der Waals surface area contributed by atoms with Gasteiger partial charge in [0.2, 0.25) is 0 Å². The molecule has 0 aromatic heterocycles. The van der Waals surface area contributed by atoms with Crippen molar-refractivity contribution in [1.82, 2.24) is 0 Å². The van der Waals surface area contributed by atoms with Crippen LogP contribution in [0.5, 0.6) is 0 Å². The van der Waals surface area contributed by atoms with Gasteiger partial charge in [-0.05, 0) is 30.3 Å². The maximum Gasteiger partial charge on any atom is 0.258 e. The summed E-state index contributed by atoms with van der Waals surface area (Å²) < 4.78 is 20.3. The van der Waals surface area contributed by atoms with E-state index in [0.29, 0.717) is 16.8 Å². The van der Waals surface area contributed by atoms with Gasteiger partial charge in [-0.25, -0.2) is 4.39 Å². The van der Waals surface area contributed by atoms with Gasteiger partial charge < -0.3 is 10.1 Å². The molecule has 110 valence electrons. The Labute approximate surface area is 138 Å². The molecule has 0 fully saturated rings. The van der Waals surface area contributed by atoms with Crippen LogP contribution >= 0.6 is 31.9 Å². The summed E-state index contributed by atoms with van der Waals surface area (Å²) in [5.41, 5.74) is 1.37. The fourth-order valence-electron chi connectivity index (χ4n) is 1.83. The van der Waals surface area contributed by atoms with Gasteiger partial charge >= 0.3 is 0 Å². The first-order chi connectivity index (χ1) is 10.0. The Hall–Kier alpha value is -1.24. The van der Waals surface area contributed by atoms with Crippen LogP contribution in [-0.2, 0) is 11.3 Å². The molecule has 1 amide bonds. The summed E-state index contributed by atoms with van der Waals surface area (Å²) in [6, 6.07) is 9.69. The molecule has 2 rings (SSSR count). The van der Waals surface area contributed by atoms with E-state index in [1.807, 2.05) is 6.07 Å². The molecule has 21 heavy (non-hydrogen) atoms. The molecule has 2 aromatic rings. The van der Waals surface area contributed by atoms with Crippen molar-refractivity contribution in [1.29, 1.82) is 0 Å². The lowest BCUT2D eigenvalue weighted by atomic mass is 10.1. The third-order valence-electron chi connectivity index (χ3n) is 2.83. The Bertz CT molecular complexity index is 677. The van der Waals surface area contributed by atoms with Crippen molar-refractivity contribution in [3.8, 4) is 0 Å². The van der Waals surface area contributed by atoms with E-state index in [4.69, 9.17) is 4.74 Å². The zero-order valence-electron chi connectivity index (χ0n) is 11.1. The van der Waals surface area contributed by atoms with Crippen molar-refractivity contribution in [2.24, 2.45) is 0 Å². The predicted molar refractivity (Wildman–Crippen MR) is 86.9 cm³/mol. The fraction of sp³-hybridized carbons (Fsp3) is 0.133. The maximum absolute atomic E-state index is 13.8. The Morgan fingerprint density at radius 3 is 2.71 bits per heavy atom. The topological polar surface area (TPSA) is 38.3 Å². The van der Waals surface area contributed by atoms with E-state index in [0.717, 1.165) is 10.0 Å². The lowest BCUT2D eigenvalue weighted by molar-refractivity contribution is 0.102. The number of methoxy groups -OCH3 is 1. The Kier molecular flexibility index (Phi) is 5.50. The highest BCUT2D eigenvalue weighted by molar-refractivity contribution is 9.10. The molecule has 0 aliphatic rings. The predicted octanol–water partition coefficient (Wildman–Crippen LogP) is 4.75. The summed E-state index contributed by atoms with van der Waals surface area (Å²) in [6.45, 7) is 0.333. The van der Waals surface area contributed by atoms with Gasteiger partial charge in [-0.3, -0.25) is 4.79 Å². The minimum Gasteiger partial charge on any atom is -0.380 e. The molecule has 0 heterocycles. The summed E-state index contributed by atoms with van der Waals surface area (Å²) in [5.74, 6) is -1.08. The number of ether oxygens (including phenoxy) is 1. The van der Waals surface area contributed by atoms with Crippen LogP contribution in [0.3, 0.4) is 0 Å². The molecule has 2 aromatic carbocycles. The molecule has 0 saturated heterocycles. The SMILES string of the molecule is COCc1c(Br)cccc1NC(=O)c1ccc(Br)cc1F. The quantitative estimate of drug-likeness (QED) is 0.780. The van der Waals surface area contributed by atoms with Crippen LogP contribution in [0, 0.1) is 5.82 Å². The lowest BCUT2D eigenvalue weighted by Gasteiger charge is -2.12. The van der Waals surface area contributed by atoms with E-state index in [2.05, 4.69) is 37.2 Å². The van der Waals surface area contributed by atoms with E-state index < -0.39 is 11.7 Å². The summed E-state index contributed by atoms with van der Waals surface area (Å²) >= 11 is 6.57. The molecule has 0 saturated carbocycles. The number of hydrogen-bond acceptors (Lipinski definition) is 2. The Morgan fingerprint density at radius 1 is 1.29 bits per heavy atom. The molecule has 0 unspecified atom stereocenters. The van der Waals surface area contributed by atoms with Gasteiger partial charge in [0, 0.05) is 27.3 Å². The molecule has 0 bridgehead atoms. The number of nitrogens with one attached hydrogen (secondary N) is 1. The Morgan fingerprint density at radius 2 is 2.05 bits per heavy atom. The number of halogens is 3. The van der Waals surface area contributed by atoms with E-state index in [9.17, 15) is 9.18 Å². The molecule has 0 radical (unpaired) electrons. The van der Waals surface area contributed by atoms with Crippen LogP contribution in [0.15, 0.2) is 45.3 Å². The molecular formula is C15H12Br2FNO2. The van der Waals surface area contributed by atoms with Crippen LogP contribution in [-0.4, -0.2) is 13.0 Å². The highest BCUT2D eigenvalue weighted by atomic mass is 79.9. The monoisotopic (exact) mass is 415 g/mol. The smallest absolute Gasteiger partial charge is 0.258 e. The summed E-state index contributed by atoms with van der Waals surface area (Å²) in [4.78, 5) is 12.2. The second kappa shape index (κ2) is 7.15. The molecule has 0 atom stereocenters. The summed E-state index contributed by atoms with van der Waals surface area (Å²) in [7, 11) is 1.57. The van der Waals surface area contributed by atoms with Gasteiger partial charge in [0.15, 0.2) is 0 Å². The largest absolute Gasteiger partial charge is 0.380 e. The molecule has 3 nitrogen and oxygen atoms in total. The molecule has 0 spiro atoms. The second-order valence-electron chi connectivity index (χ2n) is 4.28. The van der Waals surface area contributed by atoms with E-state index in [-0.39, 0.29) is 5.56 Å². The van der Waals surface area contributed by atoms with Crippen molar-refractivity contribution < 1.29 is 13.9 Å². The zero-order chi connectivity index (χ0) is 15.4. The number of anilines is 1. The van der Waals surface area contributed by atoms with Crippen LogP contribution in [0.2, 0.25) is 0 Å². The normalized spacial score (nSPS) is 10.5. The van der Waals surface area contributed by atoms with Crippen molar-refractivity contribution in [3.63, 3.8) is 0 Å². The first-order valence-electron chi connectivity index (χ1n) is 6.05. The van der Waals surface area contributed by atoms with Gasteiger partial charge in [0.05, 0.1) is 12.2 Å². The van der Waals surface area contributed by atoms with Crippen LogP contribution in [0.1, 0.15) is 15.9 Å². The molecular weight excluding hydrogens is 405 g/mol. The highest BCUT2D eigenvalue weighted by Gasteiger charge is 2.15. The number of benzene rings is 2. The third kappa shape index (κ3) is 3.90. The molecule has 6 heteroatoms. The zero-order valence-corrected chi connectivity index (χ0v) is 14.3. The summed E-state index contributed by atoms with van der Waals surface area (Å²) in [5, 5.41) is 2.71. The van der Waals surface area contributed by atoms with Gasteiger partial charge in [0.25, 0.3) is 5.91 Å². The summed E-state index contributed by atoms with van der Waals surface area (Å²) in [6.07, 6.45) is 0. The van der Waals surface area contributed by atoms with Crippen LogP contribution < -0.4 is 5.32 Å². The average Bonchev–Trinajstić information content (AvgIpc) is 2.42. The van der Waals surface area contributed by atoms with Crippen molar-refractivity contribution in [2.45, 2.75) is 6.61 Å². The number of carbonyl (C=O) groups is 1. The minimum absolute atomic E-state index is 0.0125. The number of hydrogen-bond donors (Lipinski definition) is 1. The van der Waals surface area contributed by atoms with Crippen LogP contribution in [0.25, 0.3) is 0 Å². The average molecular weight is 417 g/mol. The van der Waals surface area contributed by atoms with E-state index >= 15 is 0 Å². The number of carbonyl (C=O) groups excluding carboxylic acids is 1. The van der Waals surface area contributed by atoms with Crippen molar-refractivity contribution in [3.05, 3.63) is 62.3 Å².